The van der Waals surface area contributed by atoms with E-state index in [2.05, 4.69) is 65.6 Å². The van der Waals surface area contributed by atoms with Crippen molar-refractivity contribution in [3.8, 4) is 17.2 Å². The third-order valence-corrected chi connectivity index (χ3v) is 10.6. The van der Waals surface area contributed by atoms with Gasteiger partial charge in [0, 0.05) is 30.7 Å². The second kappa shape index (κ2) is 16.5. The lowest BCUT2D eigenvalue weighted by Gasteiger charge is -2.33. The fraction of sp³-hybridized carbons (Fsp3) is 0.476. The van der Waals surface area contributed by atoms with Crippen LogP contribution in [0, 0.1) is 0 Å². The third kappa shape index (κ3) is 8.47. The molecule has 4 atom stereocenters. The molecule has 14 heteroatoms. The molecule has 2 amide bonds. The number of carbonyl (C=O) groups is 1. The van der Waals surface area contributed by atoms with Crippen molar-refractivity contribution in [2.24, 2.45) is 0 Å². The third-order valence-electron chi connectivity index (χ3n) is 10.6. The number of fused-ring (bicyclic) bond motifs is 2. The van der Waals surface area contributed by atoms with Crippen LogP contribution in [-0.2, 0) is 19.6 Å². The van der Waals surface area contributed by atoms with Gasteiger partial charge in [-0.25, -0.2) is 9.48 Å². The molecule has 2 aliphatic heterocycles. The Morgan fingerprint density at radius 2 is 1.80 bits per heavy atom. The summed E-state index contributed by atoms with van der Waals surface area (Å²) in [7, 11) is 0. The van der Waals surface area contributed by atoms with Crippen molar-refractivity contribution in [3.63, 3.8) is 0 Å². The predicted molar refractivity (Wildman–Crippen MR) is 212 cm³/mol. The Balaban J connectivity index is 0.947. The average Bonchev–Trinajstić information content (AvgIpc) is 3.83. The van der Waals surface area contributed by atoms with Crippen molar-refractivity contribution < 1.29 is 28.5 Å². The van der Waals surface area contributed by atoms with Gasteiger partial charge in [0.2, 0.25) is 5.95 Å². The van der Waals surface area contributed by atoms with Gasteiger partial charge in [0.05, 0.1) is 49.5 Å². The molecule has 1 aliphatic carbocycles. The fourth-order valence-electron chi connectivity index (χ4n) is 7.57. The van der Waals surface area contributed by atoms with Gasteiger partial charge < -0.3 is 33.9 Å². The highest BCUT2D eigenvalue weighted by Crippen LogP contribution is 2.39. The van der Waals surface area contributed by atoms with Gasteiger partial charge in [0.1, 0.15) is 30.0 Å². The first kappa shape index (κ1) is 37.7. The first-order valence-electron chi connectivity index (χ1n) is 19.8. The van der Waals surface area contributed by atoms with Crippen molar-refractivity contribution in [3.05, 3.63) is 89.7 Å². The first-order chi connectivity index (χ1) is 27.2. The lowest BCUT2D eigenvalue weighted by atomic mass is 9.85. The van der Waals surface area contributed by atoms with Crippen LogP contribution in [0.4, 0.5) is 16.6 Å². The summed E-state index contributed by atoms with van der Waals surface area (Å²) in [6, 6.07) is 21.3. The van der Waals surface area contributed by atoms with E-state index < -0.39 is 0 Å². The molecular formula is C42H52N8O6. The van der Waals surface area contributed by atoms with Gasteiger partial charge >= 0.3 is 6.03 Å². The average molecular weight is 765 g/mol. The number of carbonyl (C=O) groups excluding carboxylic acids is 1. The Morgan fingerprint density at radius 3 is 2.62 bits per heavy atom. The standard InChI is InChI=1S/C42H52N8O6/c1-28-27-52-21-19-48(28)41-46-45-37-18-15-31(26-49(37)41)56-35-17-16-34(32-12-5-6-13-33(32)35)43-40(51)44-38-25-36(42(2,3)4)47-50(38)29-10-9-11-30(24-29)53-22-23-55-39-14-7-8-20-54-39/h5-6,9-13,15,18,24-26,28,34-35,39H,7-8,14,16-17,19-23,27H2,1-4H3,(H2,43,44,51)/t28?,34-,35+,39?/m0/s1. The normalized spacial score (nSPS) is 21.4. The van der Waals surface area contributed by atoms with E-state index in [1.54, 1.807) is 4.68 Å². The maximum absolute atomic E-state index is 13.8. The Hall–Kier alpha value is -5.18. The molecule has 5 heterocycles. The van der Waals surface area contributed by atoms with E-state index in [0.29, 0.717) is 50.8 Å². The first-order valence-corrected chi connectivity index (χ1v) is 19.8. The molecule has 5 aromatic rings. The van der Waals surface area contributed by atoms with Crippen molar-refractivity contribution in [2.75, 3.05) is 49.8 Å². The number of nitrogens with one attached hydrogen (secondary N) is 2. The molecular weight excluding hydrogens is 713 g/mol. The second-order valence-electron chi connectivity index (χ2n) is 15.8. The zero-order chi connectivity index (χ0) is 38.6. The molecule has 56 heavy (non-hydrogen) atoms. The summed E-state index contributed by atoms with van der Waals surface area (Å²) < 4.78 is 33.6. The Kier molecular flexibility index (Phi) is 11.1. The number of aromatic nitrogens is 5. The van der Waals surface area contributed by atoms with Crippen LogP contribution in [0.15, 0.2) is 72.9 Å². The molecule has 2 unspecified atom stereocenters. The number of amides is 2. The molecule has 2 saturated heterocycles. The van der Waals surface area contributed by atoms with Gasteiger partial charge in [-0.1, -0.05) is 51.1 Å². The van der Waals surface area contributed by atoms with Crippen LogP contribution in [0.5, 0.6) is 11.5 Å². The van der Waals surface area contributed by atoms with Gasteiger partial charge in [-0.05, 0) is 74.4 Å². The molecule has 296 valence electrons. The van der Waals surface area contributed by atoms with E-state index in [1.165, 1.54) is 0 Å². The summed E-state index contributed by atoms with van der Waals surface area (Å²) in [5, 5.41) is 20.2. The van der Waals surface area contributed by atoms with E-state index in [-0.39, 0.29) is 35.9 Å². The highest BCUT2D eigenvalue weighted by atomic mass is 16.7. The van der Waals surface area contributed by atoms with Crippen LogP contribution >= 0.6 is 0 Å². The summed E-state index contributed by atoms with van der Waals surface area (Å²) in [6.07, 6.45) is 6.14. The zero-order valence-electron chi connectivity index (χ0n) is 32.6. The molecule has 8 rings (SSSR count). The molecule has 0 bridgehead atoms. The van der Waals surface area contributed by atoms with Crippen LogP contribution in [0.25, 0.3) is 11.3 Å². The molecule has 0 saturated carbocycles. The van der Waals surface area contributed by atoms with Gasteiger partial charge in [-0.15, -0.1) is 10.2 Å². The smallest absolute Gasteiger partial charge is 0.320 e. The number of nitrogens with zero attached hydrogens (tertiary/aromatic N) is 6. The van der Waals surface area contributed by atoms with Gasteiger partial charge in [-0.2, -0.15) is 5.10 Å². The summed E-state index contributed by atoms with van der Waals surface area (Å²) >= 11 is 0. The van der Waals surface area contributed by atoms with Crippen molar-refractivity contribution in [1.29, 1.82) is 0 Å². The Bertz CT molecular complexity index is 2120. The summed E-state index contributed by atoms with van der Waals surface area (Å²) in [4.78, 5) is 16.0. The molecule has 2 fully saturated rings. The second-order valence-corrected chi connectivity index (χ2v) is 15.8. The van der Waals surface area contributed by atoms with Crippen molar-refractivity contribution in [1.82, 2.24) is 29.7 Å². The highest BCUT2D eigenvalue weighted by molar-refractivity contribution is 5.89. The molecule has 3 aromatic heterocycles. The SMILES string of the molecule is CC1COCCN1c1nnc2ccc(O[C@@H]3CC[C@H](NC(=O)Nc4cc(C(C)(C)C)nn4-c4cccc(OCCOC5CCCCO5)c4)c4ccccc43)cn12. The number of pyridine rings is 1. The fourth-order valence-corrected chi connectivity index (χ4v) is 7.57. The Morgan fingerprint density at radius 1 is 0.929 bits per heavy atom. The number of rotatable bonds is 11. The van der Waals surface area contributed by atoms with Crippen molar-refractivity contribution in [2.45, 2.75) is 89.7 Å². The van der Waals surface area contributed by atoms with Crippen LogP contribution in [0.2, 0.25) is 0 Å². The van der Waals surface area contributed by atoms with Crippen LogP contribution in [0.3, 0.4) is 0 Å². The molecule has 2 aromatic carbocycles. The topological polar surface area (TPSA) is 139 Å². The number of hydrogen-bond donors (Lipinski definition) is 2. The number of ether oxygens (including phenoxy) is 5. The molecule has 0 spiro atoms. The molecule has 14 nitrogen and oxygen atoms in total. The van der Waals surface area contributed by atoms with Gasteiger partial charge in [0.15, 0.2) is 11.9 Å². The lowest BCUT2D eigenvalue weighted by Crippen LogP contribution is -2.44. The monoisotopic (exact) mass is 764 g/mol. The maximum atomic E-state index is 13.8. The minimum atomic E-state index is -0.316. The zero-order valence-corrected chi connectivity index (χ0v) is 32.6. The largest absolute Gasteiger partial charge is 0.491 e. The Labute approximate surface area is 327 Å². The van der Waals surface area contributed by atoms with Crippen LogP contribution < -0.4 is 25.0 Å². The number of benzene rings is 2. The van der Waals surface area contributed by atoms with E-state index >= 15 is 0 Å². The van der Waals surface area contributed by atoms with Crippen LogP contribution in [-0.4, -0.2) is 82.3 Å². The van der Waals surface area contributed by atoms with Crippen LogP contribution in [0.1, 0.15) is 88.8 Å². The summed E-state index contributed by atoms with van der Waals surface area (Å²) in [5.74, 6) is 2.75. The highest BCUT2D eigenvalue weighted by Gasteiger charge is 2.31. The van der Waals surface area contributed by atoms with Crippen molar-refractivity contribution >= 4 is 23.4 Å². The summed E-state index contributed by atoms with van der Waals surface area (Å²) in [6.45, 7) is 12.1. The lowest BCUT2D eigenvalue weighted by molar-refractivity contribution is -0.165. The molecule has 2 N–H and O–H groups in total. The summed E-state index contributed by atoms with van der Waals surface area (Å²) in [5.41, 5.74) is 4.20. The van der Waals surface area contributed by atoms with Gasteiger partial charge in [0.25, 0.3) is 0 Å². The predicted octanol–water partition coefficient (Wildman–Crippen LogP) is 7.14. The molecule has 0 radical (unpaired) electrons. The van der Waals surface area contributed by atoms with E-state index in [0.717, 1.165) is 72.3 Å². The minimum absolute atomic E-state index is 0.157. The maximum Gasteiger partial charge on any atom is 0.320 e. The number of hydrogen-bond acceptors (Lipinski definition) is 10. The van der Waals surface area contributed by atoms with E-state index in [4.69, 9.17) is 28.8 Å². The van der Waals surface area contributed by atoms with E-state index in [1.807, 2.05) is 65.2 Å². The van der Waals surface area contributed by atoms with E-state index in [9.17, 15) is 4.79 Å². The number of morpholine rings is 1. The number of anilines is 2. The molecule has 3 aliphatic rings. The number of urea groups is 1. The van der Waals surface area contributed by atoms with Gasteiger partial charge in [-0.3, -0.25) is 9.72 Å². The minimum Gasteiger partial charge on any atom is -0.491 e. The quantitative estimate of drug-likeness (QED) is 0.134.